The highest BCUT2D eigenvalue weighted by atomic mass is 35.5. The van der Waals surface area contributed by atoms with E-state index in [-0.39, 0.29) is 31.0 Å². The highest BCUT2D eigenvalue weighted by Gasteiger charge is 2.14. The summed E-state index contributed by atoms with van der Waals surface area (Å²) < 4.78 is 0. The summed E-state index contributed by atoms with van der Waals surface area (Å²) in [5, 5.41) is 0.366. The van der Waals surface area contributed by atoms with Gasteiger partial charge >= 0.3 is 0 Å². The molecule has 0 saturated heterocycles. The van der Waals surface area contributed by atoms with Crippen LogP contribution in [-0.4, -0.2) is 5.38 Å². The fraction of sp³-hybridized carbons (Fsp3) is 0.400. The fourth-order valence-electron chi connectivity index (χ4n) is 1.65. The lowest BCUT2D eigenvalue weighted by atomic mass is 9.92. The van der Waals surface area contributed by atoms with Gasteiger partial charge in [-0.25, -0.2) is 0 Å². The first-order chi connectivity index (χ1) is 5.36. The highest BCUT2D eigenvalue weighted by molar-refractivity contribution is 6.20. The van der Waals surface area contributed by atoms with E-state index in [9.17, 15) is 0 Å². The number of hydrogen-bond donors (Lipinski definition) is 1. The summed E-state index contributed by atoms with van der Waals surface area (Å²) in [6, 6.07) is 8.59. The lowest BCUT2D eigenvalue weighted by molar-refractivity contribution is 0.694. The van der Waals surface area contributed by atoms with Gasteiger partial charge in [-0.3, -0.25) is 0 Å². The molecule has 0 fully saturated rings. The lowest BCUT2D eigenvalue weighted by Crippen LogP contribution is -2.13. The van der Waals surface area contributed by atoms with Gasteiger partial charge in [0.15, 0.2) is 0 Å². The topological polar surface area (TPSA) is 35.0 Å². The normalized spacial score (nSPS) is 17.9. The van der Waals surface area contributed by atoms with Crippen molar-refractivity contribution in [3.05, 3.63) is 35.4 Å². The fourth-order valence-corrected chi connectivity index (χ4v) is 1.93. The van der Waals surface area contributed by atoms with Gasteiger partial charge in [0.25, 0.3) is 0 Å². The van der Waals surface area contributed by atoms with Crippen LogP contribution in [0, 0.1) is 0 Å². The van der Waals surface area contributed by atoms with Crippen LogP contribution in [-0.2, 0) is 12.8 Å². The largest absolute Gasteiger partial charge is 0.344 e. The molecule has 4 heteroatoms. The van der Waals surface area contributed by atoms with Gasteiger partial charge in [-0.05, 0) is 30.4 Å². The number of halogens is 3. The standard InChI is InChI=1S/C10H11Cl.2ClH.H3N/c11-10-6-5-8-3-1-2-4-9(8)7-10;;;/h1-4,10H,5-7H2;2*1H;1H3. The summed E-state index contributed by atoms with van der Waals surface area (Å²) in [7, 11) is 0. The van der Waals surface area contributed by atoms with Crippen LogP contribution in [0.25, 0.3) is 0 Å². The van der Waals surface area contributed by atoms with Crippen molar-refractivity contribution in [1.82, 2.24) is 6.15 Å². The van der Waals surface area contributed by atoms with Gasteiger partial charge < -0.3 is 6.15 Å². The van der Waals surface area contributed by atoms with Crippen LogP contribution >= 0.6 is 36.4 Å². The monoisotopic (exact) mass is 255 g/mol. The molecule has 0 amide bonds. The van der Waals surface area contributed by atoms with Crippen LogP contribution in [0.3, 0.4) is 0 Å². The van der Waals surface area contributed by atoms with E-state index in [1.807, 2.05) is 0 Å². The molecular weight excluding hydrogens is 240 g/mol. The summed E-state index contributed by atoms with van der Waals surface area (Å²) >= 11 is 6.04. The Kier molecular flexibility index (Phi) is 8.66. The van der Waals surface area contributed by atoms with E-state index in [0.717, 1.165) is 19.3 Å². The average Bonchev–Trinajstić information content (AvgIpc) is 2.04. The molecule has 2 rings (SSSR count). The second kappa shape index (κ2) is 7.36. The van der Waals surface area contributed by atoms with Gasteiger partial charge in [-0.15, -0.1) is 36.4 Å². The van der Waals surface area contributed by atoms with Crippen LogP contribution in [0.2, 0.25) is 0 Å². The molecule has 1 atom stereocenters. The van der Waals surface area contributed by atoms with Crippen LogP contribution in [0.5, 0.6) is 0 Å². The maximum Gasteiger partial charge on any atom is 0.0379 e. The third kappa shape index (κ3) is 3.66. The number of aryl methyl sites for hydroxylation is 1. The number of benzene rings is 1. The van der Waals surface area contributed by atoms with Gasteiger partial charge in [0.2, 0.25) is 0 Å². The predicted molar refractivity (Wildman–Crippen MR) is 67.6 cm³/mol. The van der Waals surface area contributed by atoms with E-state index >= 15 is 0 Å². The van der Waals surface area contributed by atoms with Crippen molar-refractivity contribution >= 4 is 36.4 Å². The van der Waals surface area contributed by atoms with Crippen molar-refractivity contribution in [2.45, 2.75) is 24.6 Å². The molecule has 1 aromatic rings. The van der Waals surface area contributed by atoms with Crippen molar-refractivity contribution in [1.29, 1.82) is 0 Å². The Morgan fingerprint density at radius 1 is 1.07 bits per heavy atom. The number of fused-ring (bicyclic) bond motifs is 1. The molecule has 82 valence electrons. The molecule has 0 aromatic heterocycles. The summed E-state index contributed by atoms with van der Waals surface area (Å²) in [5.41, 5.74) is 2.93. The van der Waals surface area contributed by atoms with E-state index in [1.54, 1.807) is 0 Å². The third-order valence-corrected chi connectivity index (χ3v) is 2.66. The predicted octanol–water partition coefficient (Wildman–Crippen LogP) is 3.79. The molecule has 1 aliphatic carbocycles. The van der Waals surface area contributed by atoms with Crippen LogP contribution in [0.1, 0.15) is 17.5 Å². The zero-order valence-electron chi connectivity index (χ0n) is 7.91. The van der Waals surface area contributed by atoms with Gasteiger partial charge in [-0.1, -0.05) is 24.3 Å². The molecule has 0 bridgehead atoms. The summed E-state index contributed by atoms with van der Waals surface area (Å²) in [6.45, 7) is 0. The molecule has 14 heavy (non-hydrogen) atoms. The maximum atomic E-state index is 6.04. The first-order valence-corrected chi connectivity index (χ1v) is 4.51. The molecule has 0 heterocycles. The maximum absolute atomic E-state index is 6.04. The van der Waals surface area contributed by atoms with Crippen molar-refractivity contribution in [3.63, 3.8) is 0 Å². The molecule has 0 spiro atoms. The van der Waals surface area contributed by atoms with Crippen molar-refractivity contribution in [3.8, 4) is 0 Å². The van der Waals surface area contributed by atoms with Gasteiger partial charge in [0.05, 0.1) is 0 Å². The minimum Gasteiger partial charge on any atom is -0.344 e. The molecule has 3 N–H and O–H groups in total. The second-order valence-corrected chi connectivity index (χ2v) is 3.73. The Balaban J connectivity index is 0. The van der Waals surface area contributed by atoms with Crippen molar-refractivity contribution in [2.75, 3.05) is 0 Å². The van der Waals surface area contributed by atoms with Crippen LogP contribution in [0.4, 0.5) is 0 Å². The molecule has 1 nitrogen and oxygen atoms in total. The Bertz CT molecular complexity index is 265. The zero-order chi connectivity index (χ0) is 7.68. The van der Waals surface area contributed by atoms with E-state index in [4.69, 9.17) is 11.6 Å². The lowest BCUT2D eigenvalue weighted by Gasteiger charge is -2.19. The smallest absolute Gasteiger partial charge is 0.0379 e. The number of alkyl halides is 1. The van der Waals surface area contributed by atoms with Gasteiger partial charge in [-0.2, -0.15) is 0 Å². The zero-order valence-corrected chi connectivity index (χ0v) is 10.3. The molecular formula is C10H16Cl3N. The Morgan fingerprint density at radius 2 is 1.64 bits per heavy atom. The van der Waals surface area contributed by atoms with E-state index in [0.29, 0.717) is 5.38 Å². The number of hydrogen-bond acceptors (Lipinski definition) is 1. The molecule has 0 radical (unpaired) electrons. The molecule has 1 aliphatic rings. The van der Waals surface area contributed by atoms with E-state index in [2.05, 4.69) is 24.3 Å². The van der Waals surface area contributed by atoms with Crippen molar-refractivity contribution < 1.29 is 0 Å². The SMILES string of the molecule is Cl.Cl.ClC1CCc2ccccc2C1.N. The number of rotatable bonds is 0. The summed E-state index contributed by atoms with van der Waals surface area (Å²) in [4.78, 5) is 0. The Hall–Kier alpha value is 0.0500. The first-order valence-electron chi connectivity index (χ1n) is 4.07. The molecule has 0 aliphatic heterocycles. The summed E-state index contributed by atoms with van der Waals surface area (Å²) in [5.74, 6) is 0. The van der Waals surface area contributed by atoms with Gasteiger partial charge in [0.1, 0.15) is 0 Å². The van der Waals surface area contributed by atoms with Crippen LogP contribution < -0.4 is 6.15 Å². The van der Waals surface area contributed by atoms with Gasteiger partial charge in [0, 0.05) is 5.38 Å². The molecule has 0 saturated carbocycles. The van der Waals surface area contributed by atoms with E-state index in [1.165, 1.54) is 11.1 Å². The Morgan fingerprint density at radius 3 is 2.29 bits per heavy atom. The van der Waals surface area contributed by atoms with Crippen molar-refractivity contribution in [2.24, 2.45) is 0 Å². The minimum absolute atomic E-state index is 0. The van der Waals surface area contributed by atoms with Crippen LogP contribution in [0.15, 0.2) is 24.3 Å². The second-order valence-electron chi connectivity index (χ2n) is 3.11. The Labute approximate surface area is 103 Å². The third-order valence-electron chi connectivity index (χ3n) is 2.29. The average molecular weight is 257 g/mol. The van der Waals surface area contributed by atoms with E-state index < -0.39 is 0 Å². The first kappa shape index (κ1) is 16.5. The highest BCUT2D eigenvalue weighted by Crippen LogP contribution is 2.23. The summed E-state index contributed by atoms with van der Waals surface area (Å²) in [6.07, 6.45) is 3.35. The molecule has 1 unspecified atom stereocenters. The minimum atomic E-state index is 0. The quantitative estimate of drug-likeness (QED) is 0.704. The molecule has 1 aromatic carbocycles.